The zero-order chi connectivity index (χ0) is 25.6. The molecule has 2 N–H and O–H groups in total. The lowest BCUT2D eigenvalue weighted by atomic mass is 9.84. The topological polar surface area (TPSA) is 78.5 Å². The Morgan fingerprint density at radius 3 is 2.34 bits per heavy atom. The Morgan fingerprint density at radius 1 is 1.03 bits per heavy atom. The largest absolute Gasteiger partial charge is 0.344 e. The van der Waals surface area contributed by atoms with Crippen molar-refractivity contribution in [3.63, 3.8) is 0 Å². The average Bonchev–Trinajstić information content (AvgIpc) is 2.85. The first-order chi connectivity index (χ1) is 16.8. The van der Waals surface area contributed by atoms with Crippen LogP contribution < -0.4 is 10.6 Å². The van der Waals surface area contributed by atoms with Crippen LogP contribution in [0.5, 0.6) is 0 Å². The van der Waals surface area contributed by atoms with Crippen LogP contribution in [-0.4, -0.2) is 48.3 Å². The number of carbonyl (C=O) groups is 3. The van der Waals surface area contributed by atoms with Crippen molar-refractivity contribution in [2.45, 2.75) is 90.6 Å². The minimum Gasteiger partial charge on any atom is -0.344 e. The number of nitrogens with one attached hydrogen (secondary N) is 2. The summed E-state index contributed by atoms with van der Waals surface area (Å²) in [7, 11) is 1.82. The molecule has 0 bridgehead atoms. The summed E-state index contributed by atoms with van der Waals surface area (Å²) in [5.74, 6) is 0.0347. The van der Waals surface area contributed by atoms with Crippen LogP contribution >= 0.6 is 0 Å². The van der Waals surface area contributed by atoms with Gasteiger partial charge in [-0.1, -0.05) is 89.6 Å². The van der Waals surface area contributed by atoms with Crippen molar-refractivity contribution in [3.05, 3.63) is 42.0 Å². The minimum atomic E-state index is -0.689. The molecule has 2 rings (SSSR count). The lowest BCUT2D eigenvalue weighted by Gasteiger charge is -2.30. The first kappa shape index (κ1) is 28.6. The van der Waals surface area contributed by atoms with Crippen LogP contribution in [-0.2, 0) is 14.4 Å². The van der Waals surface area contributed by atoms with Crippen LogP contribution in [0.2, 0.25) is 0 Å². The van der Waals surface area contributed by atoms with Gasteiger partial charge < -0.3 is 15.5 Å². The van der Waals surface area contributed by atoms with Gasteiger partial charge in [0.25, 0.3) is 0 Å². The number of hydrogen-bond acceptors (Lipinski definition) is 3. The van der Waals surface area contributed by atoms with Gasteiger partial charge >= 0.3 is 0 Å². The van der Waals surface area contributed by atoms with E-state index in [1.807, 2.05) is 51.2 Å². The van der Waals surface area contributed by atoms with Gasteiger partial charge in [0, 0.05) is 19.7 Å². The van der Waals surface area contributed by atoms with Gasteiger partial charge in [0.05, 0.1) is 0 Å². The quantitative estimate of drug-likeness (QED) is 0.390. The van der Waals surface area contributed by atoms with E-state index in [4.69, 9.17) is 0 Å². The Kier molecular flexibility index (Phi) is 12.6. The van der Waals surface area contributed by atoms with Crippen molar-refractivity contribution < 1.29 is 14.4 Å². The van der Waals surface area contributed by atoms with E-state index in [1.165, 1.54) is 25.3 Å². The van der Waals surface area contributed by atoms with Crippen molar-refractivity contribution in [2.24, 2.45) is 11.8 Å². The van der Waals surface area contributed by atoms with E-state index >= 15 is 0 Å². The second-order valence-corrected chi connectivity index (χ2v) is 10.3. The molecule has 1 aliphatic rings. The van der Waals surface area contributed by atoms with Gasteiger partial charge in [-0.15, -0.1) is 0 Å². The summed E-state index contributed by atoms with van der Waals surface area (Å²) >= 11 is 0. The monoisotopic (exact) mass is 483 g/mol. The van der Waals surface area contributed by atoms with Crippen molar-refractivity contribution in [2.75, 3.05) is 13.6 Å². The van der Waals surface area contributed by atoms with Crippen LogP contribution in [0.15, 0.2) is 36.4 Å². The number of amides is 3. The highest BCUT2D eigenvalue weighted by molar-refractivity contribution is 5.96. The molecule has 2 atom stereocenters. The van der Waals surface area contributed by atoms with Crippen LogP contribution in [0.1, 0.15) is 84.1 Å². The maximum absolute atomic E-state index is 13.4. The number of rotatable bonds is 13. The second kappa shape index (κ2) is 15.4. The molecule has 0 radical (unpaired) electrons. The first-order valence-corrected chi connectivity index (χ1v) is 13.4. The average molecular weight is 484 g/mol. The van der Waals surface area contributed by atoms with E-state index in [0.29, 0.717) is 25.3 Å². The summed E-state index contributed by atoms with van der Waals surface area (Å²) in [5, 5.41) is 5.90. The highest BCUT2D eigenvalue weighted by atomic mass is 16.2. The maximum Gasteiger partial charge on any atom is 0.244 e. The number of unbranched alkanes of at least 4 members (excludes halogenated alkanes) is 1. The molecule has 1 fully saturated rings. The highest BCUT2D eigenvalue weighted by Gasteiger charge is 2.31. The fraction of sp³-hybridized carbons (Fsp3) is 0.621. The Balaban J connectivity index is 2.10. The maximum atomic E-state index is 13.4. The molecule has 6 heteroatoms. The number of hydrogen-bond donors (Lipinski definition) is 2. The zero-order valence-corrected chi connectivity index (χ0v) is 22.1. The third-order valence-electron chi connectivity index (χ3n) is 6.70. The number of benzene rings is 1. The lowest BCUT2D eigenvalue weighted by molar-refractivity contribution is -0.137. The standard InChI is InChI=1S/C29H45N3O3/c1-5-6-19-32(4)29(35)26(21-24-15-11-8-12-16-24)31-28(34)25(20-22(2)3)30-27(33)18-17-23-13-9-7-10-14-23/h7,9-10,13-14,17-18,22,24-26H,5-6,8,11-12,15-16,19-21H2,1-4H3,(H,30,33)(H,31,34)/b18-17+/t25-,26-/m0/s1. The van der Waals surface area contributed by atoms with Gasteiger partial charge in [-0.3, -0.25) is 14.4 Å². The molecule has 6 nitrogen and oxygen atoms in total. The van der Waals surface area contributed by atoms with E-state index in [9.17, 15) is 14.4 Å². The van der Waals surface area contributed by atoms with Gasteiger partial charge in [0.15, 0.2) is 0 Å². The fourth-order valence-corrected chi connectivity index (χ4v) is 4.68. The van der Waals surface area contributed by atoms with E-state index in [1.54, 1.807) is 11.0 Å². The molecule has 194 valence electrons. The van der Waals surface area contributed by atoms with Crippen LogP contribution in [0, 0.1) is 11.8 Å². The van der Waals surface area contributed by atoms with E-state index in [0.717, 1.165) is 31.2 Å². The van der Waals surface area contributed by atoms with Gasteiger partial charge in [-0.05, 0) is 42.7 Å². The Bertz CT molecular complexity index is 816. The van der Waals surface area contributed by atoms with Crippen LogP contribution in [0.25, 0.3) is 6.08 Å². The molecule has 0 heterocycles. The zero-order valence-electron chi connectivity index (χ0n) is 22.1. The summed E-state index contributed by atoms with van der Waals surface area (Å²) in [6, 6.07) is 8.33. The minimum absolute atomic E-state index is 0.0315. The third-order valence-corrected chi connectivity index (χ3v) is 6.70. The predicted octanol–water partition coefficient (Wildman–Crippen LogP) is 4.94. The summed E-state index contributed by atoms with van der Waals surface area (Å²) < 4.78 is 0. The second-order valence-electron chi connectivity index (χ2n) is 10.3. The van der Waals surface area contributed by atoms with E-state index < -0.39 is 12.1 Å². The molecule has 0 spiro atoms. The molecule has 1 saturated carbocycles. The molecule has 0 saturated heterocycles. The summed E-state index contributed by atoms with van der Waals surface area (Å²) in [6.45, 7) is 6.83. The Morgan fingerprint density at radius 2 is 1.71 bits per heavy atom. The van der Waals surface area contributed by atoms with E-state index in [2.05, 4.69) is 17.6 Å². The molecular weight excluding hydrogens is 438 g/mol. The molecular formula is C29H45N3O3. The molecule has 1 aromatic carbocycles. The van der Waals surface area contributed by atoms with Crippen molar-refractivity contribution in [1.82, 2.24) is 15.5 Å². The fourth-order valence-electron chi connectivity index (χ4n) is 4.68. The van der Waals surface area contributed by atoms with Crippen LogP contribution in [0.3, 0.4) is 0 Å². The van der Waals surface area contributed by atoms with E-state index in [-0.39, 0.29) is 23.6 Å². The molecule has 1 aromatic rings. The van der Waals surface area contributed by atoms with Gasteiger partial charge in [0.1, 0.15) is 12.1 Å². The summed E-state index contributed by atoms with van der Waals surface area (Å²) in [6.07, 6.45) is 12.1. The first-order valence-electron chi connectivity index (χ1n) is 13.4. The molecule has 1 aliphatic carbocycles. The predicted molar refractivity (Wildman–Crippen MR) is 143 cm³/mol. The lowest BCUT2D eigenvalue weighted by Crippen LogP contribution is -2.54. The van der Waals surface area contributed by atoms with Gasteiger partial charge in [-0.25, -0.2) is 0 Å². The molecule has 35 heavy (non-hydrogen) atoms. The van der Waals surface area contributed by atoms with Crippen molar-refractivity contribution in [3.8, 4) is 0 Å². The highest BCUT2D eigenvalue weighted by Crippen LogP contribution is 2.28. The normalized spacial score (nSPS) is 16.1. The Hall–Kier alpha value is -2.63. The molecule has 0 aliphatic heterocycles. The number of nitrogens with zero attached hydrogens (tertiary/aromatic N) is 1. The number of likely N-dealkylation sites (N-methyl/N-ethyl adjacent to an activating group) is 1. The summed E-state index contributed by atoms with van der Waals surface area (Å²) in [5.41, 5.74) is 0.917. The molecule has 0 aromatic heterocycles. The smallest absolute Gasteiger partial charge is 0.244 e. The Labute approximate surface area is 211 Å². The number of carbonyl (C=O) groups excluding carboxylic acids is 3. The van der Waals surface area contributed by atoms with Gasteiger partial charge in [0.2, 0.25) is 17.7 Å². The van der Waals surface area contributed by atoms with Crippen molar-refractivity contribution >= 4 is 23.8 Å². The van der Waals surface area contributed by atoms with Gasteiger partial charge in [-0.2, -0.15) is 0 Å². The van der Waals surface area contributed by atoms with Crippen LogP contribution in [0.4, 0.5) is 0 Å². The molecule has 0 unspecified atom stereocenters. The third kappa shape index (κ3) is 10.7. The SMILES string of the molecule is CCCCN(C)C(=O)[C@H](CC1CCCCC1)NC(=O)[C@H](CC(C)C)NC(=O)/C=C/c1ccccc1. The summed E-state index contributed by atoms with van der Waals surface area (Å²) in [4.78, 5) is 41.0. The van der Waals surface area contributed by atoms with Crippen molar-refractivity contribution in [1.29, 1.82) is 0 Å². The molecule has 3 amide bonds.